The molecule has 0 fully saturated rings. The molecule has 1 N–H and O–H groups in total. The van der Waals surface area contributed by atoms with Gasteiger partial charge in [0, 0.05) is 12.0 Å². The molecule has 5 heteroatoms. The van der Waals surface area contributed by atoms with Crippen LogP contribution in [0.25, 0.3) is 11.1 Å². The van der Waals surface area contributed by atoms with Crippen LogP contribution in [-0.4, -0.2) is 35.2 Å². The van der Waals surface area contributed by atoms with Crippen molar-refractivity contribution < 1.29 is 31.4 Å². The Bertz CT molecular complexity index is 1100. The van der Waals surface area contributed by atoms with Crippen LogP contribution >= 0.6 is 0 Å². The van der Waals surface area contributed by atoms with E-state index in [2.05, 4.69) is 70.1 Å². The van der Waals surface area contributed by atoms with E-state index >= 15 is 0 Å². The van der Waals surface area contributed by atoms with E-state index in [1.165, 1.54) is 23.4 Å². The van der Waals surface area contributed by atoms with Gasteiger partial charge in [0.05, 0.1) is 13.2 Å². The van der Waals surface area contributed by atoms with Gasteiger partial charge >= 0.3 is 0 Å². The van der Waals surface area contributed by atoms with Crippen molar-refractivity contribution in [3.8, 4) is 16.9 Å². The predicted octanol–water partition coefficient (Wildman–Crippen LogP) is 2.41. The molecule has 5 rings (SSSR count). The minimum Gasteiger partial charge on any atom is -1.00 e. The van der Waals surface area contributed by atoms with Gasteiger partial charge in [-0.15, -0.1) is 0 Å². The zero-order valence-corrected chi connectivity index (χ0v) is 20.7. The maximum Gasteiger partial charge on any atom is 0.271 e. The quantitative estimate of drug-likeness (QED) is 0.539. The van der Waals surface area contributed by atoms with Crippen molar-refractivity contribution in [1.82, 2.24) is 0 Å². The highest BCUT2D eigenvalue weighted by molar-refractivity contribution is 5.96. The molecule has 2 aliphatic heterocycles. The van der Waals surface area contributed by atoms with Crippen molar-refractivity contribution in [1.29, 1.82) is 0 Å². The molecule has 0 spiro atoms. The van der Waals surface area contributed by atoms with Crippen molar-refractivity contribution in [3.63, 3.8) is 0 Å². The molecule has 1 atom stereocenters. The molecule has 0 amide bonds. The average molecular weight is 507 g/mol. The van der Waals surface area contributed by atoms with Crippen molar-refractivity contribution in [2.24, 2.45) is 0 Å². The highest BCUT2D eigenvalue weighted by Crippen LogP contribution is 2.36. The van der Waals surface area contributed by atoms with Crippen molar-refractivity contribution in [3.05, 3.63) is 84.4 Å². The van der Waals surface area contributed by atoms with Crippen LogP contribution in [0.2, 0.25) is 0 Å². The SMILES string of the molecule is CCOc1ccc(N2CC(O)(c3ccc(-c4ccccc4)cc3)[N+]3=C2CCCCC3)cc1.[Br-]. The summed E-state index contributed by atoms with van der Waals surface area (Å²) < 4.78 is 7.87. The fourth-order valence-corrected chi connectivity index (χ4v) is 5.01. The van der Waals surface area contributed by atoms with Gasteiger partial charge in [0.15, 0.2) is 6.54 Å². The van der Waals surface area contributed by atoms with Crippen molar-refractivity contribution in [2.75, 3.05) is 24.6 Å². The summed E-state index contributed by atoms with van der Waals surface area (Å²) in [6.07, 6.45) is 4.44. The average Bonchev–Trinajstić information content (AvgIpc) is 2.98. The molecule has 0 bridgehead atoms. The molecule has 33 heavy (non-hydrogen) atoms. The number of amidine groups is 1. The molecule has 0 aromatic heterocycles. The lowest BCUT2D eigenvalue weighted by Gasteiger charge is -2.24. The first-order chi connectivity index (χ1) is 15.7. The summed E-state index contributed by atoms with van der Waals surface area (Å²) in [6, 6.07) is 27.1. The summed E-state index contributed by atoms with van der Waals surface area (Å²) in [5.41, 5.74) is 3.38. The first-order valence-electron chi connectivity index (χ1n) is 11.7. The summed E-state index contributed by atoms with van der Waals surface area (Å²) in [5, 5.41) is 12.1. The Labute approximate surface area is 206 Å². The molecule has 2 heterocycles. The molecule has 0 saturated heterocycles. The molecule has 3 aromatic rings. The van der Waals surface area contributed by atoms with E-state index in [1.807, 2.05) is 25.1 Å². The molecular formula is C28H31BrN2O2. The Morgan fingerprint density at radius 1 is 0.879 bits per heavy atom. The van der Waals surface area contributed by atoms with Crippen LogP contribution in [0.4, 0.5) is 5.69 Å². The zero-order chi connectivity index (χ0) is 22.0. The minimum atomic E-state index is -1.03. The third kappa shape index (κ3) is 4.57. The maximum atomic E-state index is 12.1. The number of halogens is 1. The second kappa shape index (κ2) is 10.1. The topological polar surface area (TPSA) is 35.7 Å². The standard InChI is InChI=1S/C28H31N2O2.BrH/c1-2-32-26-18-16-25(17-19-26)29-21-28(31,30-20-8-4-7-11-27(29)30)24-14-12-23(13-15-24)22-9-5-3-6-10-22;/h3,5-6,9-10,12-19,31H,2,4,7-8,11,20-21H2,1H3;1H/q+1;/p-1. The summed E-state index contributed by atoms with van der Waals surface area (Å²) in [4.78, 5) is 2.30. The summed E-state index contributed by atoms with van der Waals surface area (Å²) >= 11 is 0. The zero-order valence-electron chi connectivity index (χ0n) is 19.1. The van der Waals surface area contributed by atoms with Gasteiger partial charge in [0.25, 0.3) is 11.6 Å². The lowest BCUT2D eigenvalue weighted by molar-refractivity contribution is -0.658. The van der Waals surface area contributed by atoms with E-state index in [0.29, 0.717) is 13.2 Å². The largest absolute Gasteiger partial charge is 1.00 e. The molecule has 1 unspecified atom stereocenters. The monoisotopic (exact) mass is 506 g/mol. The smallest absolute Gasteiger partial charge is 0.271 e. The number of aliphatic hydroxyl groups is 1. The Morgan fingerprint density at radius 3 is 2.27 bits per heavy atom. The van der Waals surface area contributed by atoms with E-state index in [1.54, 1.807) is 0 Å². The van der Waals surface area contributed by atoms with Crippen LogP contribution in [0.1, 0.15) is 38.2 Å². The van der Waals surface area contributed by atoms with Gasteiger partial charge < -0.3 is 26.8 Å². The fourth-order valence-electron chi connectivity index (χ4n) is 5.01. The second-order valence-electron chi connectivity index (χ2n) is 8.65. The van der Waals surface area contributed by atoms with Crippen molar-refractivity contribution >= 4 is 11.5 Å². The highest BCUT2D eigenvalue weighted by atomic mass is 79.9. The maximum absolute atomic E-state index is 12.1. The molecular weight excluding hydrogens is 476 g/mol. The van der Waals surface area contributed by atoms with Crippen LogP contribution in [0.3, 0.4) is 0 Å². The number of ether oxygens (including phenoxy) is 1. The van der Waals surface area contributed by atoms with Gasteiger partial charge in [0.2, 0.25) is 0 Å². The van der Waals surface area contributed by atoms with Crippen LogP contribution < -0.4 is 26.6 Å². The summed E-state index contributed by atoms with van der Waals surface area (Å²) in [6.45, 7) is 4.06. The Kier molecular flexibility index (Phi) is 7.20. The highest BCUT2D eigenvalue weighted by Gasteiger charge is 2.51. The van der Waals surface area contributed by atoms with Crippen LogP contribution in [0.5, 0.6) is 5.75 Å². The number of β-amino-alcohol motifs (C(OH)–C–C–N with tert-alkyl or cyclic N) is 1. The summed E-state index contributed by atoms with van der Waals surface area (Å²) in [5.74, 6) is 2.10. The van der Waals surface area contributed by atoms with Crippen LogP contribution in [-0.2, 0) is 5.72 Å². The number of rotatable bonds is 5. The molecule has 2 aliphatic rings. The molecule has 4 nitrogen and oxygen atoms in total. The first-order valence-corrected chi connectivity index (χ1v) is 11.7. The number of benzene rings is 3. The van der Waals surface area contributed by atoms with E-state index < -0.39 is 5.72 Å². The number of anilines is 1. The van der Waals surface area contributed by atoms with Gasteiger partial charge in [-0.05, 0) is 61.6 Å². The first kappa shape index (κ1) is 23.5. The number of hydrogen-bond acceptors (Lipinski definition) is 3. The van der Waals surface area contributed by atoms with E-state index in [4.69, 9.17) is 4.74 Å². The second-order valence-corrected chi connectivity index (χ2v) is 8.65. The van der Waals surface area contributed by atoms with Crippen molar-refractivity contribution in [2.45, 2.75) is 38.3 Å². The fraction of sp³-hybridized carbons (Fsp3) is 0.321. The van der Waals surface area contributed by atoms with Gasteiger partial charge in [-0.1, -0.05) is 54.6 Å². The lowest BCUT2D eigenvalue weighted by Crippen LogP contribution is -3.00. The third-order valence-electron chi connectivity index (χ3n) is 6.64. The van der Waals surface area contributed by atoms with Gasteiger partial charge in [0.1, 0.15) is 11.4 Å². The predicted molar refractivity (Wildman–Crippen MR) is 129 cm³/mol. The molecule has 0 radical (unpaired) electrons. The number of hydrogen-bond donors (Lipinski definition) is 1. The Hall–Kier alpha value is -2.63. The lowest BCUT2D eigenvalue weighted by atomic mass is 9.98. The minimum absolute atomic E-state index is 0. The van der Waals surface area contributed by atoms with Crippen LogP contribution in [0.15, 0.2) is 78.9 Å². The molecule has 0 saturated carbocycles. The molecule has 172 valence electrons. The van der Waals surface area contributed by atoms with E-state index in [-0.39, 0.29) is 17.0 Å². The molecule has 3 aromatic carbocycles. The number of nitrogens with zero attached hydrogens (tertiary/aromatic N) is 2. The normalized spacial score (nSPS) is 20.1. The Morgan fingerprint density at radius 2 is 1.58 bits per heavy atom. The Balaban J connectivity index is 0.00000259. The van der Waals surface area contributed by atoms with E-state index in [9.17, 15) is 5.11 Å². The third-order valence-corrected chi connectivity index (χ3v) is 6.64. The van der Waals surface area contributed by atoms with E-state index in [0.717, 1.165) is 42.8 Å². The van der Waals surface area contributed by atoms with Gasteiger partial charge in [-0.25, -0.2) is 9.48 Å². The molecule has 0 aliphatic carbocycles. The van der Waals surface area contributed by atoms with Gasteiger partial charge in [-0.3, -0.25) is 0 Å². The van der Waals surface area contributed by atoms with Crippen LogP contribution in [0, 0.1) is 0 Å². The summed E-state index contributed by atoms with van der Waals surface area (Å²) in [7, 11) is 0. The van der Waals surface area contributed by atoms with Gasteiger partial charge in [-0.2, -0.15) is 0 Å².